The summed E-state index contributed by atoms with van der Waals surface area (Å²) in [5.74, 6) is 0.745. The van der Waals surface area contributed by atoms with Gasteiger partial charge in [0.1, 0.15) is 0 Å². The number of benzene rings is 2. The highest BCUT2D eigenvalue weighted by molar-refractivity contribution is 7.10. The molecule has 5 rings (SSSR count). The first kappa shape index (κ1) is 19.8. The first-order valence-electron chi connectivity index (χ1n) is 10.2. The molecule has 1 atom stereocenters. The van der Waals surface area contributed by atoms with E-state index in [0.717, 1.165) is 13.0 Å². The molecule has 31 heavy (non-hydrogen) atoms. The monoisotopic (exact) mass is 434 g/mol. The fourth-order valence-corrected chi connectivity index (χ4v) is 5.18. The van der Waals surface area contributed by atoms with Crippen LogP contribution in [-0.4, -0.2) is 36.5 Å². The predicted octanol–water partition coefficient (Wildman–Crippen LogP) is 4.27. The molecular formula is C24H22N2O4S. The van der Waals surface area contributed by atoms with E-state index in [9.17, 15) is 9.59 Å². The fourth-order valence-electron chi connectivity index (χ4n) is 4.28. The SMILES string of the molecule is CC(=O)c1cc2c(cc1NC(=O)CN1CCc3sccc3[C@H]1c1ccccc1)OCO2. The molecule has 3 heterocycles. The van der Waals surface area contributed by atoms with Gasteiger partial charge in [0.2, 0.25) is 12.7 Å². The summed E-state index contributed by atoms with van der Waals surface area (Å²) in [6.45, 7) is 2.60. The third-order valence-corrected chi connectivity index (χ3v) is 6.69. The summed E-state index contributed by atoms with van der Waals surface area (Å²) in [6.07, 6.45) is 0.923. The number of ketones is 1. The van der Waals surface area contributed by atoms with Gasteiger partial charge >= 0.3 is 0 Å². The van der Waals surface area contributed by atoms with Crippen molar-refractivity contribution in [2.75, 3.05) is 25.2 Å². The lowest BCUT2D eigenvalue weighted by Gasteiger charge is -2.35. The molecule has 0 unspecified atom stereocenters. The van der Waals surface area contributed by atoms with Gasteiger partial charge in [-0.05, 0) is 42.0 Å². The molecule has 1 amide bonds. The Hall–Kier alpha value is -3.16. The second kappa shape index (κ2) is 8.17. The van der Waals surface area contributed by atoms with Crippen LogP contribution in [0.3, 0.4) is 0 Å². The van der Waals surface area contributed by atoms with Crippen LogP contribution >= 0.6 is 11.3 Å². The van der Waals surface area contributed by atoms with E-state index in [-0.39, 0.29) is 31.1 Å². The van der Waals surface area contributed by atoms with Crippen LogP contribution < -0.4 is 14.8 Å². The Morgan fingerprint density at radius 1 is 1.13 bits per heavy atom. The van der Waals surface area contributed by atoms with E-state index in [1.165, 1.54) is 22.9 Å². The zero-order valence-electron chi connectivity index (χ0n) is 17.1. The highest BCUT2D eigenvalue weighted by Crippen LogP contribution is 2.39. The number of thiophene rings is 1. The van der Waals surface area contributed by atoms with Crippen molar-refractivity contribution in [1.82, 2.24) is 4.90 Å². The van der Waals surface area contributed by atoms with Gasteiger partial charge in [-0.3, -0.25) is 14.5 Å². The number of anilines is 1. The maximum absolute atomic E-state index is 13.0. The lowest BCUT2D eigenvalue weighted by Crippen LogP contribution is -2.40. The molecule has 0 saturated heterocycles. The van der Waals surface area contributed by atoms with Crippen LogP contribution in [0.25, 0.3) is 0 Å². The molecule has 0 radical (unpaired) electrons. The summed E-state index contributed by atoms with van der Waals surface area (Å²) in [5.41, 5.74) is 3.30. The van der Waals surface area contributed by atoms with Crippen LogP contribution in [0.5, 0.6) is 11.5 Å². The van der Waals surface area contributed by atoms with Crippen LogP contribution in [0.2, 0.25) is 0 Å². The van der Waals surface area contributed by atoms with E-state index in [2.05, 4.69) is 33.8 Å². The van der Waals surface area contributed by atoms with E-state index < -0.39 is 0 Å². The van der Waals surface area contributed by atoms with Gasteiger partial charge < -0.3 is 14.8 Å². The van der Waals surface area contributed by atoms with Crippen LogP contribution in [-0.2, 0) is 11.2 Å². The molecule has 3 aromatic rings. The molecule has 2 aliphatic heterocycles. The summed E-state index contributed by atoms with van der Waals surface area (Å²) in [6, 6.07) is 15.8. The molecule has 2 aromatic carbocycles. The number of fused-ring (bicyclic) bond motifs is 2. The van der Waals surface area contributed by atoms with E-state index in [1.807, 2.05) is 18.2 Å². The summed E-state index contributed by atoms with van der Waals surface area (Å²) in [5, 5.41) is 5.05. The van der Waals surface area contributed by atoms with Crippen molar-refractivity contribution >= 4 is 28.7 Å². The largest absolute Gasteiger partial charge is 0.454 e. The Kier molecular flexibility index (Phi) is 5.21. The molecule has 6 nitrogen and oxygen atoms in total. The van der Waals surface area contributed by atoms with E-state index in [0.29, 0.717) is 22.7 Å². The topological polar surface area (TPSA) is 67.9 Å². The van der Waals surface area contributed by atoms with Crippen LogP contribution in [0.15, 0.2) is 53.9 Å². The first-order valence-corrected chi connectivity index (χ1v) is 11.1. The Morgan fingerprint density at radius 2 is 1.90 bits per heavy atom. The number of nitrogens with zero attached hydrogens (tertiary/aromatic N) is 1. The van der Waals surface area contributed by atoms with Crippen molar-refractivity contribution in [3.8, 4) is 11.5 Å². The summed E-state index contributed by atoms with van der Waals surface area (Å²) >= 11 is 1.77. The number of nitrogens with one attached hydrogen (secondary N) is 1. The number of carbonyl (C=O) groups excluding carboxylic acids is 2. The molecule has 0 saturated carbocycles. The van der Waals surface area contributed by atoms with Gasteiger partial charge in [0.25, 0.3) is 0 Å². The molecule has 1 N–H and O–H groups in total. The minimum Gasteiger partial charge on any atom is -0.454 e. The summed E-state index contributed by atoms with van der Waals surface area (Å²) in [4.78, 5) is 28.7. The van der Waals surface area contributed by atoms with Crippen molar-refractivity contribution in [2.45, 2.75) is 19.4 Å². The fraction of sp³-hybridized carbons (Fsp3) is 0.250. The van der Waals surface area contributed by atoms with Crippen molar-refractivity contribution in [3.63, 3.8) is 0 Å². The van der Waals surface area contributed by atoms with Gasteiger partial charge in [-0.2, -0.15) is 0 Å². The van der Waals surface area contributed by atoms with Crippen molar-refractivity contribution < 1.29 is 19.1 Å². The summed E-state index contributed by atoms with van der Waals surface area (Å²) < 4.78 is 10.8. The molecular weight excluding hydrogens is 412 g/mol. The Balaban J connectivity index is 1.40. The zero-order valence-corrected chi connectivity index (χ0v) is 17.9. The third-order valence-electron chi connectivity index (χ3n) is 5.69. The average molecular weight is 435 g/mol. The first-order chi connectivity index (χ1) is 15.1. The molecule has 2 aliphatic rings. The van der Waals surface area contributed by atoms with Crippen molar-refractivity contribution in [3.05, 3.63) is 75.5 Å². The second-order valence-electron chi connectivity index (χ2n) is 7.69. The number of carbonyl (C=O) groups is 2. The molecule has 1 aromatic heterocycles. The molecule has 0 aliphatic carbocycles. The molecule has 0 spiro atoms. The van der Waals surface area contributed by atoms with Crippen LogP contribution in [0, 0.1) is 0 Å². The van der Waals surface area contributed by atoms with Gasteiger partial charge in [0.15, 0.2) is 17.3 Å². The second-order valence-corrected chi connectivity index (χ2v) is 8.69. The normalized spacial score (nSPS) is 17.3. The Labute approximate surface area is 184 Å². The molecule has 0 bridgehead atoms. The van der Waals surface area contributed by atoms with Crippen LogP contribution in [0.1, 0.15) is 39.3 Å². The van der Waals surface area contributed by atoms with Gasteiger partial charge in [-0.25, -0.2) is 0 Å². The molecule has 158 valence electrons. The highest BCUT2D eigenvalue weighted by atomic mass is 32.1. The maximum Gasteiger partial charge on any atom is 0.238 e. The van der Waals surface area contributed by atoms with E-state index in [1.54, 1.807) is 23.5 Å². The maximum atomic E-state index is 13.0. The average Bonchev–Trinajstić information content (AvgIpc) is 3.42. The van der Waals surface area contributed by atoms with E-state index in [4.69, 9.17) is 9.47 Å². The highest BCUT2D eigenvalue weighted by Gasteiger charge is 2.31. The summed E-state index contributed by atoms with van der Waals surface area (Å²) in [7, 11) is 0. The van der Waals surface area contributed by atoms with Crippen molar-refractivity contribution in [2.24, 2.45) is 0 Å². The zero-order chi connectivity index (χ0) is 21.4. The Morgan fingerprint density at radius 3 is 2.68 bits per heavy atom. The quantitative estimate of drug-likeness (QED) is 0.608. The molecule has 0 fully saturated rings. The smallest absolute Gasteiger partial charge is 0.238 e. The number of amides is 1. The van der Waals surface area contributed by atoms with Gasteiger partial charge in [-0.15, -0.1) is 11.3 Å². The van der Waals surface area contributed by atoms with Gasteiger partial charge in [0.05, 0.1) is 18.3 Å². The number of rotatable bonds is 5. The lowest BCUT2D eigenvalue weighted by atomic mass is 9.93. The van der Waals surface area contributed by atoms with Gasteiger partial charge in [-0.1, -0.05) is 30.3 Å². The predicted molar refractivity (Wildman–Crippen MR) is 119 cm³/mol. The van der Waals surface area contributed by atoms with E-state index >= 15 is 0 Å². The lowest BCUT2D eigenvalue weighted by molar-refractivity contribution is -0.117. The van der Waals surface area contributed by atoms with Gasteiger partial charge in [0, 0.05) is 23.1 Å². The van der Waals surface area contributed by atoms with Crippen molar-refractivity contribution in [1.29, 1.82) is 0 Å². The Bertz CT molecular complexity index is 1140. The molecule has 7 heteroatoms. The number of ether oxygens (including phenoxy) is 2. The number of hydrogen-bond acceptors (Lipinski definition) is 6. The minimum absolute atomic E-state index is 0.0333. The van der Waals surface area contributed by atoms with Crippen LogP contribution in [0.4, 0.5) is 5.69 Å². The standard InChI is InChI=1S/C24H22N2O4S/c1-15(27)18-11-20-21(30-14-29-20)12-19(18)25-23(28)13-26-9-7-22-17(8-10-31-22)24(26)16-5-3-2-4-6-16/h2-6,8,10-12,24H,7,9,13-14H2,1H3,(H,25,28)/t24-/m1/s1. The minimum atomic E-state index is -0.166. The third kappa shape index (κ3) is 3.82. The number of hydrogen-bond donors (Lipinski definition) is 1. The number of Topliss-reactive ketones (excluding diaryl/α,β-unsaturated/α-hetero) is 1.